The summed E-state index contributed by atoms with van der Waals surface area (Å²) in [4.78, 5) is 15.4. The van der Waals surface area contributed by atoms with E-state index >= 15 is 0 Å². The largest absolute Gasteiger partial charge is 0.330 e. The van der Waals surface area contributed by atoms with Crippen molar-refractivity contribution in [2.75, 3.05) is 19.7 Å². The Kier molecular flexibility index (Phi) is 7.34. The number of hydroxylamine groups is 1. The van der Waals surface area contributed by atoms with Crippen LogP contribution in [0.15, 0.2) is 0 Å². The average Bonchev–Trinajstić information content (AvgIpc) is 1.96. The van der Waals surface area contributed by atoms with Crippen molar-refractivity contribution in [3.8, 4) is 0 Å². The van der Waals surface area contributed by atoms with Gasteiger partial charge in [-0.15, -0.1) is 0 Å². The van der Waals surface area contributed by atoms with Crippen LogP contribution in [-0.4, -0.2) is 25.5 Å². The summed E-state index contributed by atoms with van der Waals surface area (Å²) in [6.45, 7) is 3.38. The van der Waals surface area contributed by atoms with Crippen LogP contribution in [0.4, 0.5) is 0 Å². The van der Waals surface area contributed by atoms with Gasteiger partial charge in [0.2, 0.25) is 0 Å². The molecule has 0 aliphatic rings. The minimum Gasteiger partial charge on any atom is -0.330 e. The van der Waals surface area contributed by atoms with E-state index in [9.17, 15) is 4.79 Å². The first-order chi connectivity index (χ1) is 5.27. The van der Waals surface area contributed by atoms with Crippen LogP contribution in [0.2, 0.25) is 0 Å². The molecule has 0 saturated carbocycles. The minimum absolute atomic E-state index is 0.167. The Bertz CT molecular complexity index is 107. The molecule has 0 atom stereocenters. The van der Waals surface area contributed by atoms with Crippen LogP contribution in [0, 0.1) is 0 Å². The van der Waals surface area contributed by atoms with Gasteiger partial charge in [0, 0.05) is 13.0 Å². The average molecular weight is 160 g/mol. The third-order valence-corrected chi connectivity index (χ3v) is 1.13. The highest BCUT2D eigenvalue weighted by molar-refractivity contribution is 5.75. The van der Waals surface area contributed by atoms with Crippen LogP contribution >= 0.6 is 0 Å². The molecule has 0 fully saturated rings. The summed E-state index contributed by atoms with van der Waals surface area (Å²) in [5.41, 5.74) is 7.90. The van der Waals surface area contributed by atoms with E-state index in [4.69, 9.17) is 10.6 Å². The van der Waals surface area contributed by atoms with Gasteiger partial charge in [-0.2, -0.15) is 0 Å². The first-order valence-electron chi connectivity index (χ1n) is 3.81. The van der Waals surface area contributed by atoms with Gasteiger partial charge < -0.3 is 10.6 Å². The number of nitrogens with two attached hydrogens (primary N) is 1. The fourth-order valence-corrected chi connectivity index (χ4v) is 0.527. The Labute approximate surface area is 67.0 Å². The molecule has 0 saturated heterocycles. The Hall–Kier alpha value is -0.450. The topological polar surface area (TPSA) is 64.3 Å². The molecule has 0 radical (unpaired) electrons. The number of hydrogen-bond acceptors (Lipinski definition) is 4. The summed E-state index contributed by atoms with van der Waals surface area (Å²) in [7, 11) is 0. The van der Waals surface area contributed by atoms with Crippen molar-refractivity contribution in [3.63, 3.8) is 0 Å². The molecule has 4 heteroatoms. The number of carbonyl (C=O) groups excluding carboxylic acids is 1. The summed E-state index contributed by atoms with van der Waals surface area (Å²) >= 11 is 0. The lowest BCUT2D eigenvalue weighted by Gasteiger charge is -2.02. The van der Waals surface area contributed by atoms with Gasteiger partial charge in [-0.05, 0) is 19.9 Å². The molecule has 0 aliphatic heterocycles. The number of Topliss-reactive ketones (excluding diaryl/α,β-unsaturated/α-hetero) is 1. The monoisotopic (exact) mass is 160 g/mol. The van der Waals surface area contributed by atoms with Crippen LogP contribution in [-0.2, 0) is 9.63 Å². The molecular weight excluding hydrogens is 144 g/mol. The van der Waals surface area contributed by atoms with Gasteiger partial charge in [0.05, 0.1) is 6.61 Å². The predicted molar refractivity (Wildman–Crippen MR) is 42.9 cm³/mol. The molecule has 0 amide bonds. The SMILES string of the molecule is CC(=O)CCNOCCCN. The molecule has 11 heavy (non-hydrogen) atoms. The van der Waals surface area contributed by atoms with Gasteiger partial charge in [0.1, 0.15) is 5.78 Å². The number of ketones is 1. The number of rotatable bonds is 7. The van der Waals surface area contributed by atoms with Gasteiger partial charge >= 0.3 is 0 Å². The molecular formula is C7H16N2O2. The van der Waals surface area contributed by atoms with Crippen molar-refractivity contribution in [1.82, 2.24) is 5.48 Å². The summed E-state index contributed by atoms with van der Waals surface area (Å²) in [6.07, 6.45) is 1.36. The van der Waals surface area contributed by atoms with Crippen LogP contribution in [0.5, 0.6) is 0 Å². The Balaban J connectivity index is 2.85. The first-order valence-corrected chi connectivity index (χ1v) is 3.81. The lowest BCUT2D eigenvalue weighted by atomic mass is 10.3. The van der Waals surface area contributed by atoms with Crippen LogP contribution < -0.4 is 11.2 Å². The quantitative estimate of drug-likeness (QED) is 0.401. The maximum absolute atomic E-state index is 10.4. The van der Waals surface area contributed by atoms with E-state index in [-0.39, 0.29) is 5.78 Å². The van der Waals surface area contributed by atoms with Gasteiger partial charge in [0.15, 0.2) is 0 Å². The molecule has 0 unspecified atom stereocenters. The zero-order valence-corrected chi connectivity index (χ0v) is 6.93. The second kappa shape index (κ2) is 7.65. The fraction of sp³-hybridized carbons (Fsp3) is 0.857. The number of nitrogens with one attached hydrogen (secondary N) is 1. The molecule has 0 aromatic carbocycles. The van der Waals surface area contributed by atoms with Crippen LogP contribution in [0.1, 0.15) is 19.8 Å². The van der Waals surface area contributed by atoms with Crippen molar-refractivity contribution in [3.05, 3.63) is 0 Å². The second-order valence-corrected chi connectivity index (χ2v) is 2.34. The zero-order valence-electron chi connectivity index (χ0n) is 6.93. The summed E-state index contributed by atoms with van der Waals surface area (Å²) in [5, 5.41) is 0. The van der Waals surface area contributed by atoms with Gasteiger partial charge in [-0.1, -0.05) is 0 Å². The number of carbonyl (C=O) groups is 1. The van der Waals surface area contributed by atoms with E-state index in [1.165, 1.54) is 0 Å². The normalized spacial score (nSPS) is 10.0. The van der Waals surface area contributed by atoms with Gasteiger partial charge in [-0.25, -0.2) is 5.48 Å². The first kappa shape index (κ1) is 10.6. The molecule has 0 spiro atoms. The second-order valence-electron chi connectivity index (χ2n) is 2.34. The van der Waals surface area contributed by atoms with E-state index in [1.807, 2.05) is 0 Å². The zero-order chi connectivity index (χ0) is 8.53. The summed E-state index contributed by atoms with van der Waals surface area (Å²) in [5.74, 6) is 0.167. The van der Waals surface area contributed by atoms with Crippen molar-refractivity contribution in [1.29, 1.82) is 0 Å². The molecule has 4 nitrogen and oxygen atoms in total. The summed E-state index contributed by atoms with van der Waals surface area (Å²) < 4.78 is 0. The predicted octanol–water partition coefficient (Wildman–Crippen LogP) is -0.164. The highest BCUT2D eigenvalue weighted by Crippen LogP contribution is 1.79. The highest BCUT2D eigenvalue weighted by atomic mass is 16.6. The molecule has 0 aromatic rings. The van der Waals surface area contributed by atoms with Crippen molar-refractivity contribution < 1.29 is 9.63 Å². The maximum Gasteiger partial charge on any atom is 0.131 e. The standard InChI is InChI=1S/C7H16N2O2/c1-7(10)3-5-9-11-6-2-4-8/h9H,2-6,8H2,1H3. The minimum atomic E-state index is 0.167. The highest BCUT2D eigenvalue weighted by Gasteiger charge is 1.91. The van der Waals surface area contributed by atoms with Gasteiger partial charge in [0.25, 0.3) is 0 Å². The Morgan fingerprint density at radius 3 is 2.91 bits per heavy atom. The Morgan fingerprint density at radius 2 is 2.36 bits per heavy atom. The third kappa shape index (κ3) is 9.55. The van der Waals surface area contributed by atoms with E-state index in [0.29, 0.717) is 26.1 Å². The summed E-state index contributed by atoms with van der Waals surface area (Å²) in [6, 6.07) is 0. The maximum atomic E-state index is 10.4. The van der Waals surface area contributed by atoms with Crippen molar-refractivity contribution in [2.45, 2.75) is 19.8 Å². The smallest absolute Gasteiger partial charge is 0.131 e. The van der Waals surface area contributed by atoms with Crippen molar-refractivity contribution in [2.24, 2.45) is 5.73 Å². The van der Waals surface area contributed by atoms with E-state index in [1.54, 1.807) is 6.92 Å². The molecule has 0 rings (SSSR count). The molecule has 0 bridgehead atoms. The molecule has 0 heterocycles. The van der Waals surface area contributed by atoms with Gasteiger partial charge in [-0.3, -0.25) is 4.79 Å². The lowest BCUT2D eigenvalue weighted by molar-refractivity contribution is -0.117. The van der Waals surface area contributed by atoms with Crippen LogP contribution in [0.3, 0.4) is 0 Å². The van der Waals surface area contributed by atoms with Crippen molar-refractivity contribution >= 4 is 5.78 Å². The molecule has 66 valence electrons. The lowest BCUT2D eigenvalue weighted by Crippen LogP contribution is -2.19. The van der Waals surface area contributed by atoms with Crippen LogP contribution in [0.25, 0.3) is 0 Å². The van der Waals surface area contributed by atoms with E-state index < -0.39 is 0 Å². The number of hydrogen-bond donors (Lipinski definition) is 2. The molecule has 3 N–H and O–H groups in total. The Morgan fingerprint density at radius 1 is 1.64 bits per heavy atom. The molecule has 0 aliphatic carbocycles. The third-order valence-electron chi connectivity index (χ3n) is 1.13. The fourth-order valence-electron chi connectivity index (χ4n) is 0.527. The molecule has 0 aromatic heterocycles. The van der Waals surface area contributed by atoms with E-state index in [0.717, 1.165) is 6.42 Å². The van der Waals surface area contributed by atoms with E-state index in [2.05, 4.69) is 5.48 Å².